The molecule has 0 aromatic heterocycles. The topological polar surface area (TPSA) is 138 Å². The summed E-state index contributed by atoms with van der Waals surface area (Å²) >= 11 is 0. The van der Waals surface area contributed by atoms with Crippen LogP contribution >= 0.6 is 0 Å². The van der Waals surface area contributed by atoms with E-state index in [9.17, 15) is 25.2 Å². The molecule has 184 valence electrons. The molecule has 0 radical (unpaired) electrons. The van der Waals surface area contributed by atoms with Gasteiger partial charge in [-0.25, -0.2) is 0 Å². The van der Waals surface area contributed by atoms with E-state index in [0.717, 1.165) is 24.8 Å². The van der Waals surface area contributed by atoms with Crippen molar-refractivity contribution in [2.75, 3.05) is 13.2 Å². The fourth-order valence-corrected chi connectivity index (χ4v) is 5.32. The molecule has 2 heterocycles. The highest BCUT2D eigenvalue weighted by Crippen LogP contribution is 2.48. The van der Waals surface area contributed by atoms with E-state index in [2.05, 4.69) is 25.2 Å². The third-order valence-electron chi connectivity index (χ3n) is 7.37. The van der Waals surface area contributed by atoms with Crippen molar-refractivity contribution in [3.8, 4) is 0 Å². The van der Waals surface area contributed by atoms with Crippen LogP contribution in [-0.4, -0.2) is 87.5 Å². The SMILES string of the molecule is CC(=O)N[C@H]1[C@@H](OCC2=CC[C@@H]([C@@]3(C)CC[C@H](C(C)(C)O)O3)[C@@H]2C)O[C@H](CO)[C@@H](O)[C@@H]1O. The highest BCUT2D eigenvalue weighted by atomic mass is 16.7. The van der Waals surface area contributed by atoms with Crippen molar-refractivity contribution in [2.45, 2.75) is 102 Å². The van der Waals surface area contributed by atoms with Gasteiger partial charge in [-0.05, 0) is 57.4 Å². The van der Waals surface area contributed by atoms with Gasteiger partial charge in [0.25, 0.3) is 0 Å². The Hall–Kier alpha value is -1.07. The molecule has 1 aliphatic carbocycles. The quantitative estimate of drug-likeness (QED) is 0.343. The number of allylic oxidation sites excluding steroid dienone is 1. The normalized spacial score (nSPS) is 42.7. The molecule has 0 aromatic rings. The zero-order chi connectivity index (χ0) is 23.8. The van der Waals surface area contributed by atoms with Gasteiger partial charge in [-0.3, -0.25) is 4.79 Å². The summed E-state index contributed by atoms with van der Waals surface area (Å²) in [5.41, 5.74) is -0.159. The number of carbonyl (C=O) groups is 1. The van der Waals surface area contributed by atoms with Gasteiger partial charge in [0.15, 0.2) is 6.29 Å². The maximum Gasteiger partial charge on any atom is 0.217 e. The van der Waals surface area contributed by atoms with Crippen molar-refractivity contribution >= 4 is 5.91 Å². The van der Waals surface area contributed by atoms with Gasteiger partial charge in [-0.2, -0.15) is 0 Å². The van der Waals surface area contributed by atoms with Gasteiger partial charge in [-0.1, -0.05) is 13.0 Å². The predicted molar refractivity (Wildman–Crippen MR) is 115 cm³/mol. The Balaban J connectivity index is 1.63. The van der Waals surface area contributed by atoms with Crippen molar-refractivity contribution in [2.24, 2.45) is 11.8 Å². The standard InChI is InChI=1S/C23H39NO8/c1-12-14(6-7-15(12)23(5)9-8-17(32-23)22(3,4)29)11-30-21-18(24-13(2)26)20(28)19(27)16(10-25)31-21/h6,12,15-21,25,27-29H,7-11H2,1-5H3,(H,24,26)/t12-,15-,16-,17-,18-,19-,20-,21+,23-/m1/s1. The van der Waals surface area contributed by atoms with Crippen LogP contribution in [-0.2, 0) is 19.0 Å². The second-order valence-electron chi connectivity index (χ2n) is 10.3. The largest absolute Gasteiger partial charge is 0.394 e. The third-order valence-corrected chi connectivity index (χ3v) is 7.37. The van der Waals surface area contributed by atoms with E-state index >= 15 is 0 Å². The number of hydrogen-bond acceptors (Lipinski definition) is 8. The summed E-state index contributed by atoms with van der Waals surface area (Å²) in [6.07, 6.45) is -0.244. The lowest BCUT2D eigenvalue weighted by Gasteiger charge is -2.42. The average Bonchev–Trinajstić information content (AvgIpc) is 3.28. The van der Waals surface area contributed by atoms with Gasteiger partial charge in [0, 0.05) is 6.92 Å². The number of rotatable bonds is 7. The second-order valence-corrected chi connectivity index (χ2v) is 10.3. The Morgan fingerprint density at radius 2 is 2.03 bits per heavy atom. The maximum atomic E-state index is 11.6. The number of ether oxygens (including phenoxy) is 3. The Labute approximate surface area is 189 Å². The smallest absolute Gasteiger partial charge is 0.217 e. The second kappa shape index (κ2) is 9.66. The molecule has 32 heavy (non-hydrogen) atoms. The highest BCUT2D eigenvalue weighted by molar-refractivity contribution is 5.73. The molecule has 9 heteroatoms. The first-order valence-electron chi connectivity index (χ1n) is 11.5. The number of nitrogens with one attached hydrogen (secondary N) is 1. The van der Waals surface area contributed by atoms with Gasteiger partial charge in [0.1, 0.15) is 24.4 Å². The molecule has 2 saturated heterocycles. The molecule has 9 nitrogen and oxygen atoms in total. The monoisotopic (exact) mass is 457 g/mol. The minimum absolute atomic E-state index is 0.174. The average molecular weight is 458 g/mol. The summed E-state index contributed by atoms with van der Waals surface area (Å²) in [5, 5.41) is 43.0. The van der Waals surface area contributed by atoms with Crippen LogP contribution in [0.25, 0.3) is 0 Å². The first kappa shape index (κ1) is 25.6. The van der Waals surface area contributed by atoms with Gasteiger partial charge in [0.2, 0.25) is 5.91 Å². The summed E-state index contributed by atoms with van der Waals surface area (Å²) in [7, 11) is 0. The Kier molecular flexibility index (Phi) is 7.71. The van der Waals surface area contributed by atoms with Crippen LogP contribution in [0.5, 0.6) is 0 Å². The molecule has 5 N–H and O–H groups in total. The lowest BCUT2D eigenvalue weighted by atomic mass is 9.78. The fourth-order valence-electron chi connectivity index (χ4n) is 5.32. The minimum atomic E-state index is -1.34. The van der Waals surface area contributed by atoms with Gasteiger partial charge >= 0.3 is 0 Å². The van der Waals surface area contributed by atoms with E-state index in [4.69, 9.17) is 14.2 Å². The van der Waals surface area contributed by atoms with E-state index in [1.54, 1.807) is 13.8 Å². The number of aliphatic hydroxyl groups excluding tert-OH is 3. The van der Waals surface area contributed by atoms with Crippen LogP contribution in [0.15, 0.2) is 11.6 Å². The zero-order valence-corrected chi connectivity index (χ0v) is 19.7. The van der Waals surface area contributed by atoms with E-state index in [-0.39, 0.29) is 36.1 Å². The summed E-state index contributed by atoms with van der Waals surface area (Å²) < 4.78 is 17.9. The predicted octanol–water partition coefficient (Wildman–Crippen LogP) is 0.238. The molecule has 2 aliphatic heterocycles. The third kappa shape index (κ3) is 5.19. The van der Waals surface area contributed by atoms with E-state index in [1.807, 2.05) is 0 Å². The maximum absolute atomic E-state index is 11.6. The molecule has 0 bridgehead atoms. The molecule has 2 fully saturated rings. The van der Waals surface area contributed by atoms with Gasteiger partial charge in [-0.15, -0.1) is 0 Å². The number of amides is 1. The lowest BCUT2D eigenvalue weighted by Crippen LogP contribution is -2.64. The Morgan fingerprint density at radius 3 is 2.59 bits per heavy atom. The van der Waals surface area contributed by atoms with Gasteiger partial charge < -0.3 is 40.0 Å². The summed E-state index contributed by atoms with van der Waals surface area (Å²) in [5.74, 6) is 0.0269. The Morgan fingerprint density at radius 1 is 1.34 bits per heavy atom. The first-order valence-corrected chi connectivity index (χ1v) is 11.5. The lowest BCUT2D eigenvalue weighted by molar-refractivity contribution is -0.268. The number of aliphatic hydroxyl groups is 4. The minimum Gasteiger partial charge on any atom is -0.394 e. The van der Waals surface area contributed by atoms with Crippen LogP contribution in [0.4, 0.5) is 0 Å². The molecule has 9 atom stereocenters. The Bertz CT molecular complexity index is 707. The van der Waals surface area contributed by atoms with Crippen LogP contribution in [0.2, 0.25) is 0 Å². The van der Waals surface area contributed by atoms with Crippen molar-refractivity contribution in [3.63, 3.8) is 0 Å². The molecule has 3 rings (SSSR count). The zero-order valence-electron chi connectivity index (χ0n) is 19.7. The fraction of sp³-hybridized carbons (Fsp3) is 0.870. The molecular formula is C23H39NO8. The van der Waals surface area contributed by atoms with Crippen LogP contribution in [0, 0.1) is 11.8 Å². The van der Waals surface area contributed by atoms with E-state index in [0.29, 0.717) is 0 Å². The van der Waals surface area contributed by atoms with Crippen molar-refractivity contribution in [1.82, 2.24) is 5.32 Å². The van der Waals surface area contributed by atoms with E-state index in [1.165, 1.54) is 6.92 Å². The first-order chi connectivity index (χ1) is 14.9. The molecule has 1 amide bonds. The molecule has 3 aliphatic rings. The summed E-state index contributed by atoms with van der Waals surface area (Å²) in [4.78, 5) is 11.6. The summed E-state index contributed by atoms with van der Waals surface area (Å²) in [6, 6.07) is -0.957. The van der Waals surface area contributed by atoms with E-state index < -0.39 is 42.9 Å². The molecule has 0 unspecified atom stereocenters. The van der Waals surface area contributed by atoms with Crippen molar-refractivity contribution < 1.29 is 39.4 Å². The number of carbonyl (C=O) groups excluding carboxylic acids is 1. The highest BCUT2D eigenvalue weighted by Gasteiger charge is 2.50. The van der Waals surface area contributed by atoms with Crippen molar-refractivity contribution in [1.29, 1.82) is 0 Å². The van der Waals surface area contributed by atoms with Crippen LogP contribution in [0.3, 0.4) is 0 Å². The van der Waals surface area contributed by atoms with Crippen molar-refractivity contribution in [3.05, 3.63) is 11.6 Å². The van der Waals surface area contributed by atoms with Gasteiger partial charge in [0.05, 0.1) is 30.5 Å². The van der Waals surface area contributed by atoms with Crippen LogP contribution < -0.4 is 5.32 Å². The van der Waals surface area contributed by atoms with Crippen LogP contribution in [0.1, 0.15) is 53.9 Å². The molecule has 0 aromatic carbocycles. The number of hydrogen-bond donors (Lipinski definition) is 5. The molecular weight excluding hydrogens is 418 g/mol. The molecule has 0 spiro atoms. The molecule has 0 saturated carbocycles. The summed E-state index contributed by atoms with van der Waals surface area (Å²) in [6.45, 7) is 8.84.